The van der Waals surface area contributed by atoms with Crippen molar-refractivity contribution in [1.29, 1.82) is 0 Å². The van der Waals surface area contributed by atoms with Crippen LogP contribution in [0.3, 0.4) is 0 Å². The van der Waals surface area contributed by atoms with Crippen LogP contribution in [0.15, 0.2) is 43.2 Å². The van der Waals surface area contributed by atoms with Crippen LogP contribution in [0.25, 0.3) is 22.0 Å². The van der Waals surface area contributed by atoms with Crippen molar-refractivity contribution in [2.24, 2.45) is 0 Å². The Labute approximate surface area is 203 Å². The Balaban J connectivity index is 1.48. The number of benzene rings is 2. The highest BCUT2D eigenvalue weighted by Crippen LogP contribution is 2.47. The van der Waals surface area contributed by atoms with Gasteiger partial charge < -0.3 is 19.4 Å². The topological polar surface area (TPSA) is 61.8 Å². The lowest BCUT2D eigenvalue weighted by Gasteiger charge is -2.40. The molecule has 3 aliphatic rings. The van der Waals surface area contributed by atoms with Crippen LogP contribution in [0.5, 0.6) is 5.75 Å². The second kappa shape index (κ2) is 8.25. The van der Waals surface area contributed by atoms with Gasteiger partial charge in [-0.25, -0.2) is 9.97 Å². The number of piperazine rings is 1. The molecule has 0 N–H and O–H groups in total. The van der Waals surface area contributed by atoms with E-state index in [1.54, 1.807) is 6.33 Å². The number of fused-ring (bicyclic) bond motifs is 3. The van der Waals surface area contributed by atoms with Gasteiger partial charge in [0.05, 0.1) is 22.0 Å². The van der Waals surface area contributed by atoms with Gasteiger partial charge in [-0.1, -0.05) is 36.4 Å². The van der Waals surface area contributed by atoms with Crippen LogP contribution in [-0.2, 0) is 17.8 Å². The van der Waals surface area contributed by atoms with Crippen molar-refractivity contribution >= 4 is 34.2 Å². The Bertz CT molecular complexity index is 1330. The summed E-state index contributed by atoms with van der Waals surface area (Å²) in [5.74, 6) is 1.38. The molecule has 34 heavy (non-hydrogen) atoms. The summed E-state index contributed by atoms with van der Waals surface area (Å²) in [6.45, 7) is 7.79. The maximum atomic E-state index is 12.2. The Hall–Kier alpha value is -3.16. The highest BCUT2D eigenvalue weighted by molar-refractivity contribution is 6.36. The van der Waals surface area contributed by atoms with Gasteiger partial charge in [0, 0.05) is 38.3 Å². The molecule has 8 heteroatoms. The van der Waals surface area contributed by atoms with E-state index in [1.807, 2.05) is 4.90 Å². The third-order valence-corrected chi connectivity index (χ3v) is 7.59. The van der Waals surface area contributed by atoms with Gasteiger partial charge in [-0.3, -0.25) is 4.79 Å². The monoisotopic (exact) mass is 475 g/mol. The average molecular weight is 476 g/mol. The van der Waals surface area contributed by atoms with Crippen LogP contribution in [0, 0.1) is 0 Å². The number of anilines is 1. The number of carbonyl (C=O) groups excluding carboxylic acids is 1. The molecule has 0 spiro atoms. The lowest BCUT2D eigenvalue weighted by Crippen LogP contribution is -2.56. The molecule has 1 aromatic heterocycles. The minimum atomic E-state index is -0.0617. The van der Waals surface area contributed by atoms with Gasteiger partial charge in [-0.05, 0) is 42.3 Å². The van der Waals surface area contributed by atoms with Gasteiger partial charge in [0.1, 0.15) is 18.8 Å². The Kier molecular flexibility index (Phi) is 5.19. The molecule has 3 aliphatic heterocycles. The summed E-state index contributed by atoms with van der Waals surface area (Å²) >= 11 is 7.09. The zero-order chi connectivity index (χ0) is 23.4. The molecule has 1 atom stereocenters. The fraction of sp³-hybridized carbons (Fsp3) is 0.346. The third kappa shape index (κ3) is 3.34. The summed E-state index contributed by atoms with van der Waals surface area (Å²) in [4.78, 5) is 27.9. The van der Waals surface area contributed by atoms with Crippen LogP contribution >= 0.6 is 11.6 Å². The first-order valence-electron chi connectivity index (χ1n) is 11.6. The second-order valence-electron chi connectivity index (χ2n) is 9.24. The van der Waals surface area contributed by atoms with E-state index in [-0.39, 0.29) is 11.9 Å². The smallest absolute Gasteiger partial charge is 0.246 e. The number of likely N-dealkylation sites (N-methyl/N-ethyl adjacent to an activating group) is 1. The highest BCUT2D eigenvalue weighted by Gasteiger charge is 2.35. The number of hydrogen-bond acceptors (Lipinski definition) is 6. The van der Waals surface area contributed by atoms with E-state index in [9.17, 15) is 4.79 Å². The first kappa shape index (κ1) is 21.4. The van der Waals surface area contributed by atoms with E-state index in [0.717, 1.165) is 47.4 Å². The Morgan fingerprint density at radius 2 is 2.12 bits per heavy atom. The van der Waals surface area contributed by atoms with E-state index in [1.165, 1.54) is 17.2 Å². The third-order valence-electron chi connectivity index (χ3n) is 7.22. The van der Waals surface area contributed by atoms with Crippen molar-refractivity contribution in [3.8, 4) is 16.9 Å². The molecular weight excluding hydrogens is 450 g/mol. The number of amides is 1. The van der Waals surface area contributed by atoms with Crippen molar-refractivity contribution in [3.05, 3.63) is 59.4 Å². The van der Waals surface area contributed by atoms with E-state index in [0.29, 0.717) is 37.0 Å². The largest absolute Gasteiger partial charge is 0.489 e. The molecule has 1 amide bonds. The fourth-order valence-corrected chi connectivity index (χ4v) is 5.76. The number of ether oxygens (including phenoxy) is 1. The quantitative estimate of drug-likeness (QED) is 0.528. The minimum absolute atomic E-state index is 0.0270. The standard InChI is InChI=1S/C26H26ClN5O2/c1-3-22(33)31-9-10-32-17(12-31)14-34-25-23-21(28-15-29-26(23)32)11-19(24(25)27)18-6-4-5-16-7-8-30(2)13-20(16)18/h3-6,11,15,17H,1,7-10,12-14H2,2H3/t17-/m0/s1. The van der Waals surface area contributed by atoms with Crippen molar-refractivity contribution < 1.29 is 9.53 Å². The molecule has 0 saturated carbocycles. The van der Waals surface area contributed by atoms with Crippen LogP contribution in [0.4, 0.5) is 5.82 Å². The first-order chi connectivity index (χ1) is 16.5. The SMILES string of the molecule is C=CC(=O)N1CCN2c3ncnc4cc(-c5cccc6c5CN(C)CC6)c(Cl)c(c34)OC[C@@H]2C1. The maximum Gasteiger partial charge on any atom is 0.246 e. The molecule has 0 bridgehead atoms. The normalized spacial score (nSPS) is 19.8. The summed E-state index contributed by atoms with van der Waals surface area (Å²) in [7, 11) is 2.15. The number of rotatable bonds is 2. The van der Waals surface area contributed by atoms with Gasteiger partial charge in [-0.2, -0.15) is 0 Å². The molecule has 1 fully saturated rings. The highest BCUT2D eigenvalue weighted by atomic mass is 35.5. The number of aromatic nitrogens is 2. The average Bonchev–Trinajstić information content (AvgIpc) is 3.03. The second-order valence-corrected chi connectivity index (χ2v) is 9.61. The van der Waals surface area contributed by atoms with Gasteiger partial charge in [0.2, 0.25) is 5.91 Å². The molecule has 4 heterocycles. The number of carbonyl (C=O) groups is 1. The predicted molar refractivity (Wildman–Crippen MR) is 133 cm³/mol. The van der Waals surface area contributed by atoms with Crippen LogP contribution < -0.4 is 9.64 Å². The van der Waals surface area contributed by atoms with Gasteiger partial charge >= 0.3 is 0 Å². The Morgan fingerprint density at radius 3 is 2.97 bits per heavy atom. The summed E-state index contributed by atoms with van der Waals surface area (Å²) < 4.78 is 6.38. The summed E-state index contributed by atoms with van der Waals surface area (Å²) in [5, 5.41) is 1.42. The van der Waals surface area contributed by atoms with Crippen molar-refractivity contribution in [3.63, 3.8) is 0 Å². The van der Waals surface area contributed by atoms with Crippen molar-refractivity contribution in [1.82, 2.24) is 19.8 Å². The molecule has 0 aliphatic carbocycles. The minimum Gasteiger partial charge on any atom is -0.489 e. The van der Waals surface area contributed by atoms with Crippen LogP contribution in [0.2, 0.25) is 5.02 Å². The molecule has 3 aromatic rings. The molecule has 0 radical (unpaired) electrons. The lowest BCUT2D eigenvalue weighted by atomic mass is 9.90. The zero-order valence-corrected chi connectivity index (χ0v) is 19.9. The van der Waals surface area contributed by atoms with E-state index < -0.39 is 0 Å². The molecule has 0 unspecified atom stereocenters. The lowest BCUT2D eigenvalue weighted by molar-refractivity contribution is -0.126. The Morgan fingerprint density at radius 1 is 1.24 bits per heavy atom. The van der Waals surface area contributed by atoms with Crippen molar-refractivity contribution in [2.45, 2.75) is 19.0 Å². The van der Waals surface area contributed by atoms with Crippen LogP contribution in [0.1, 0.15) is 11.1 Å². The van der Waals surface area contributed by atoms with Crippen LogP contribution in [-0.4, -0.2) is 71.6 Å². The fourth-order valence-electron chi connectivity index (χ4n) is 5.45. The molecule has 7 nitrogen and oxygen atoms in total. The van der Waals surface area contributed by atoms with Crippen molar-refractivity contribution in [2.75, 3.05) is 44.7 Å². The number of halogens is 1. The first-order valence-corrected chi connectivity index (χ1v) is 12.0. The van der Waals surface area contributed by atoms with Gasteiger partial charge in [0.15, 0.2) is 5.75 Å². The van der Waals surface area contributed by atoms with Gasteiger partial charge in [-0.15, -0.1) is 0 Å². The molecule has 174 valence electrons. The van der Waals surface area contributed by atoms with E-state index in [4.69, 9.17) is 16.3 Å². The molecule has 6 rings (SSSR count). The number of nitrogens with zero attached hydrogens (tertiary/aromatic N) is 5. The molecular formula is C26H26ClN5O2. The predicted octanol–water partition coefficient (Wildman–Crippen LogP) is 3.53. The maximum absolute atomic E-state index is 12.2. The van der Waals surface area contributed by atoms with E-state index in [2.05, 4.69) is 57.7 Å². The number of hydrogen-bond donors (Lipinski definition) is 0. The zero-order valence-electron chi connectivity index (χ0n) is 19.1. The molecule has 2 aromatic carbocycles. The van der Waals surface area contributed by atoms with E-state index >= 15 is 0 Å². The summed E-state index contributed by atoms with van der Waals surface area (Å²) in [6.07, 6.45) is 4.00. The summed E-state index contributed by atoms with van der Waals surface area (Å²) in [6, 6.07) is 8.49. The summed E-state index contributed by atoms with van der Waals surface area (Å²) in [5.41, 5.74) is 5.55. The van der Waals surface area contributed by atoms with Gasteiger partial charge in [0.25, 0.3) is 0 Å². The molecule has 1 saturated heterocycles.